The minimum Gasteiger partial charge on any atom is -0.385 e. The van der Waals surface area contributed by atoms with Crippen molar-refractivity contribution >= 4 is 39.9 Å². The number of halogens is 1. The van der Waals surface area contributed by atoms with E-state index >= 15 is 0 Å². The molecule has 0 spiro atoms. The fraction of sp³-hybridized carbons (Fsp3) is 0.200. The van der Waals surface area contributed by atoms with Gasteiger partial charge in [0.05, 0.1) is 16.9 Å². The second-order valence-electron chi connectivity index (χ2n) is 4.34. The van der Waals surface area contributed by atoms with Gasteiger partial charge >= 0.3 is 0 Å². The molecule has 2 aromatic rings. The van der Waals surface area contributed by atoms with Crippen LogP contribution in [0.15, 0.2) is 36.5 Å². The Bertz CT molecular complexity index is 628. The number of carbonyl (C=O) groups is 1. The quantitative estimate of drug-likeness (QED) is 0.795. The minimum absolute atomic E-state index is 0.155. The molecule has 1 aromatic heterocycles. The molecule has 104 valence electrons. The zero-order chi connectivity index (χ0) is 14.5. The van der Waals surface area contributed by atoms with E-state index in [-0.39, 0.29) is 5.91 Å². The highest BCUT2D eigenvalue weighted by Crippen LogP contribution is 2.21. The normalized spacial score (nSPS) is 10.2. The van der Waals surface area contributed by atoms with E-state index in [1.54, 1.807) is 6.20 Å². The van der Waals surface area contributed by atoms with Crippen LogP contribution in [0.5, 0.6) is 0 Å². The number of nitrogens with one attached hydrogen (secondary N) is 2. The Morgan fingerprint density at radius 1 is 1.30 bits per heavy atom. The lowest BCUT2D eigenvalue weighted by atomic mass is 10.2. The molecular weight excluding hydrogens is 365 g/mol. The second-order valence-corrected chi connectivity index (χ2v) is 5.50. The van der Waals surface area contributed by atoms with Crippen LogP contribution in [-0.2, 0) is 0 Å². The van der Waals surface area contributed by atoms with Crippen LogP contribution in [-0.4, -0.2) is 17.4 Å². The Hall–Kier alpha value is -1.63. The van der Waals surface area contributed by atoms with Gasteiger partial charge in [-0.05, 0) is 54.6 Å². The number of amides is 1. The van der Waals surface area contributed by atoms with Crippen molar-refractivity contribution in [3.8, 4) is 0 Å². The Labute approximate surface area is 132 Å². The van der Waals surface area contributed by atoms with Gasteiger partial charge in [-0.15, -0.1) is 0 Å². The molecule has 0 radical (unpaired) electrons. The van der Waals surface area contributed by atoms with Gasteiger partial charge in [0.15, 0.2) is 0 Å². The molecule has 0 saturated carbocycles. The van der Waals surface area contributed by atoms with Gasteiger partial charge in [-0.1, -0.05) is 12.1 Å². The number of para-hydroxylation sites is 1. The molecule has 1 aromatic carbocycles. The maximum absolute atomic E-state index is 12.4. The highest BCUT2D eigenvalue weighted by atomic mass is 127. The lowest BCUT2D eigenvalue weighted by molar-refractivity contribution is 0.102. The van der Waals surface area contributed by atoms with Crippen LogP contribution in [0.4, 0.5) is 11.4 Å². The number of rotatable bonds is 4. The molecule has 0 saturated heterocycles. The molecule has 0 fully saturated rings. The van der Waals surface area contributed by atoms with Crippen LogP contribution in [0.25, 0.3) is 0 Å². The molecule has 2 rings (SSSR count). The van der Waals surface area contributed by atoms with Crippen molar-refractivity contribution in [1.82, 2.24) is 4.98 Å². The minimum atomic E-state index is -0.155. The summed E-state index contributed by atoms with van der Waals surface area (Å²) in [7, 11) is 0. The third-order valence-corrected chi connectivity index (χ3v) is 3.72. The van der Waals surface area contributed by atoms with Crippen molar-refractivity contribution in [2.75, 3.05) is 17.2 Å². The van der Waals surface area contributed by atoms with E-state index in [1.807, 2.05) is 44.2 Å². The van der Waals surface area contributed by atoms with Crippen molar-refractivity contribution in [1.29, 1.82) is 0 Å². The number of aryl methyl sites for hydroxylation is 1. The van der Waals surface area contributed by atoms with Gasteiger partial charge in [-0.25, -0.2) is 0 Å². The van der Waals surface area contributed by atoms with Crippen LogP contribution in [0.1, 0.15) is 23.0 Å². The van der Waals surface area contributed by atoms with E-state index in [4.69, 9.17) is 0 Å². The first-order valence-corrected chi connectivity index (χ1v) is 7.46. The van der Waals surface area contributed by atoms with Gasteiger partial charge in [0, 0.05) is 22.0 Å². The van der Waals surface area contributed by atoms with E-state index in [2.05, 4.69) is 38.2 Å². The molecule has 0 aliphatic rings. The molecule has 0 atom stereocenters. The Kier molecular flexibility index (Phi) is 4.94. The molecule has 4 nitrogen and oxygen atoms in total. The summed E-state index contributed by atoms with van der Waals surface area (Å²) in [4.78, 5) is 16.6. The molecule has 0 aliphatic carbocycles. The fourth-order valence-electron chi connectivity index (χ4n) is 1.83. The summed E-state index contributed by atoms with van der Waals surface area (Å²) in [5.74, 6) is -0.155. The molecular formula is C15H16IN3O. The van der Waals surface area contributed by atoms with Crippen LogP contribution in [0.2, 0.25) is 0 Å². The standard InChI is InChI=1S/C15H16IN3O/c1-3-17-14-8-10(2)18-9-11(14)15(20)19-13-7-5-4-6-12(13)16/h4-9H,3H2,1-2H3,(H,17,18)(H,19,20). The smallest absolute Gasteiger partial charge is 0.259 e. The first-order chi connectivity index (χ1) is 9.61. The summed E-state index contributed by atoms with van der Waals surface area (Å²) in [5.41, 5.74) is 3.05. The van der Waals surface area contributed by atoms with Gasteiger partial charge < -0.3 is 10.6 Å². The monoisotopic (exact) mass is 381 g/mol. The average Bonchev–Trinajstić information content (AvgIpc) is 2.42. The third kappa shape index (κ3) is 3.47. The number of hydrogen-bond donors (Lipinski definition) is 2. The Morgan fingerprint density at radius 2 is 2.05 bits per heavy atom. The van der Waals surface area contributed by atoms with Crippen LogP contribution in [0.3, 0.4) is 0 Å². The lowest BCUT2D eigenvalue weighted by Gasteiger charge is -2.12. The topological polar surface area (TPSA) is 54.0 Å². The number of anilines is 2. The zero-order valence-corrected chi connectivity index (χ0v) is 13.6. The summed E-state index contributed by atoms with van der Waals surface area (Å²) in [6.45, 7) is 4.66. The summed E-state index contributed by atoms with van der Waals surface area (Å²) in [6, 6.07) is 9.56. The highest BCUT2D eigenvalue weighted by Gasteiger charge is 2.13. The van der Waals surface area contributed by atoms with Crippen molar-refractivity contribution < 1.29 is 4.79 Å². The van der Waals surface area contributed by atoms with Crippen molar-refractivity contribution in [2.45, 2.75) is 13.8 Å². The van der Waals surface area contributed by atoms with Crippen LogP contribution < -0.4 is 10.6 Å². The van der Waals surface area contributed by atoms with Gasteiger partial charge in [0.2, 0.25) is 0 Å². The zero-order valence-electron chi connectivity index (χ0n) is 11.4. The third-order valence-electron chi connectivity index (χ3n) is 2.77. The Balaban J connectivity index is 2.27. The molecule has 5 heteroatoms. The van der Waals surface area contributed by atoms with E-state index in [1.165, 1.54) is 0 Å². The summed E-state index contributed by atoms with van der Waals surface area (Å²) < 4.78 is 1.00. The predicted molar refractivity (Wildman–Crippen MR) is 90.2 cm³/mol. The molecule has 1 amide bonds. The molecule has 1 heterocycles. The highest BCUT2D eigenvalue weighted by molar-refractivity contribution is 14.1. The SMILES string of the molecule is CCNc1cc(C)ncc1C(=O)Nc1ccccc1I. The molecule has 0 bridgehead atoms. The maximum Gasteiger partial charge on any atom is 0.259 e. The fourth-order valence-corrected chi connectivity index (χ4v) is 2.35. The number of hydrogen-bond acceptors (Lipinski definition) is 3. The van der Waals surface area contributed by atoms with Crippen molar-refractivity contribution in [2.24, 2.45) is 0 Å². The largest absolute Gasteiger partial charge is 0.385 e. The second kappa shape index (κ2) is 6.69. The van der Waals surface area contributed by atoms with Crippen molar-refractivity contribution in [3.63, 3.8) is 0 Å². The predicted octanol–water partition coefficient (Wildman–Crippen LogP) is 3.68. The van der Waals surface area contributed by atoms with Crippen molar-refractivity contribution in [3.05, 3.63) is 51.4 Å². The van der Waals surface area contributed by atoms with E-state index in [0.29, 0.717) is 5.56 Å². The summed E-state index contributed by atoms with van der Waals surface area (Å²) in [6.07, 6.45) is 1.61. The lowest BCUT2D eigenvalue weighted by Crippen LogP contribution is -2.16. The van der Waals surface area contributed by atoms with E-state index < -0.39 is 0 Å². The number of pyridine rings is 1. The van der Waals surface area contributed by atoms with Gasteiger partial charge in [0.1, 0.15) is 0 Å². The maximum atomic E-state index is 12.4. The summed E-state index contributed by atoms with van der Waals surface area (Å²) >= 11 is 2.20. The van der Waals surface area contributed by atoms with Crippen LogP contribution >= 0.6 is 22.6 Å². The number of carbonyl (C=O) groups excluding carboxylic acids is 1. The van der Waals surface area contributed by atoms with Gasteiger partial charge in [0.25, 0.3) is 5.91 Å². The first-order valence-electron chi connectivity index (χ1n) is 6.38. The van der Waals surface area contributed by atoms with Gasteiger partial charge in [-0.2, -0.15) is 0 Å². The van der Waals surface area contributed by atoms with E-state index in [0.717, 1.165) is 27.2 Å². The van der Waals surface area contributed by atoms with Gasteiger partial charge in [-0.3, -0.25) is 9.78 Å². The van der Waals surface area contributed by atoms with Crippen LogP contribution in [0, 0.1) is 10.5 Å². The molecule has 0 unspecified atom stereocenters. The number of aromatic nitrogens is 1. The molecule has 2 N–H and O–H groups in total. The average molecular weight is 381 g/mol. The number of benzene rings is 1. The molecule has 20 heavy (non-hydrogen) atoms. The first kappa shape index (κ1) is 14.8. The van der Waals surface area contributed by atoms with E-state index in [9.17, 15) is 4.79 Å². The number of nitrogens with zero attached hydrogens (tertiary/aromatic N) is 1. The molecule has 0 aliphatic heterocycles. The summed E-state index contributed by atoms with van der Waals surface area (Å²) in [5, 5.41) is 6.11. The Morgan fingerprint density at radius 3 is 2.75 bits per heavy atom.